The largest absolute Gasteiger partial charge is 0.478 e. The highest BCUT2D eigenvalue weighted by Crippen LogP contribution is 2.21. The minimum atomic E-state index is -0.856. The van der Waals surface area contributed by atoms with Crippen LogP contribution in [0.4, 0.5) is 0 Å². The first-order valence-electron chi connectivity index (χ1n) is 5.96. The first-order valence-corrected chi connectivity index (χ1v) is 5.96. The van der Waals surface area contributed by atoms with Gasteiger partial charge < -0.3 is 9.67 Å². The lowest BCUT2D eigenvalue weighted by Gasteiger charge is -2.06. The smallest absolute Gasteiger partial charge is 0.335 e. The molecule has 0 amide bonds. The van der Waals surface area contributed by atoms with Crippen molar-refractivity contribution in [2.75, 3.05) is 0 Å². The number of benzene rings is 1. The highest BCUT2D eigenvalue weighted by atomic mass is 16.4. The molecule has 0 spiro atoms. The van der Waals surface area contributed by atoms with Gasteiger partial charge in [-0.05, 0) is 37.1 Å². The van der Waals surface area contributed by atoms with Gasteiger partial charge in [0.15, 0.2) is 0 Å². The zero-order valence-electron chi connectivity index (χ0n) is 10.2. The van der Waals surface area contributed by atoms with Gasteiger partial charge in [-0.3, -0.25) is 0 Å². The van der Waals surface area contributed by atoms with Crippen molar-refractivity contribution in [3.63, 3.8) is 0 Å². The quantitative estimate of drug-likeness (QED) is 0.875. The third-order valence-corrected chi connectivity index (χ3v) is 3.10. The van der Waals surface area contributed by atoms with E-state index in [0.29, 0.717) is 5.56 Å². The average Bonchev–Trinajstić information content (AvgIpc) is 2.67. The van der Waals surface area contributed by atoms with Crippen LogP contribution in [0.5, 0.6) is 0 Å². The third kappa shape index (κ3) is 2.18. The molecule has 2 rings (SSSR count). The molecule has 0 aliphatic carbocycles. The fraction of sp³-hybridized carbons (Fsp3) is 0.357. The SMILES string of the molecule is CCCCn1ccc2cc(C(=O)O)c(C)cc21. The number of fused-ring (bicyclic) bond motifs is 1. The van der Waals surface area contributed by atoms with Crippen LogP contribution in [0.25, 0.3) is 10.9 Å². The third-order valence-electron chi connectivity index (χ3n) is 3.10. The van der Waals surface area contributed by atoms with Crippen LogP contribution in [0.1, 0.15) is 35.7 Å². The predicted molar refractivity (Wildman–Crippen MR) is 68.5 cm³/mol. The summed E-state index contributed by atoms with van der Waals surface area (Å²) in [5.74, 6) is -0.856. The van der Waals surface area contributed by atoms with E-state index in [1.165, 1.54) is 0 Å². The number of hydrogen-bond acceptors (Lipinski definition) is 1. The molecule has 0 bridgehead atoms. The van der Waals surface area contributed by atoms with Gasteiger partial charge in [-0.25, -0.2) is 4.79 Å². The predicted octanol–water partition coefficient (Wildman–Crippen LogP) is 3.45. The molecular weight excluding hydrogens is 214 g/mol. The Balaban J connectivity index is 2.48. The highest BCUT2D eigenvalue weighted by molar-refractivity contribution is 5.95. The molecule has 0 unspecified atom stereocenters. The lowest BCUT2D eigenvalue weighted by atomic mass is 10.1. The maximum Gasteiger partial charge on any atom is 0.335 e. The monoisotopic (exact) mass is 231 g/mol. The lowest BCUT2D eigenvalue weighted by molar-refractivity contribution is 0.0696. The Morgan fingerprint density at radius 2 is 2.18 bits per heavy atom. The van der Waals surface area contributed by atoms with Crippen LogP contribution in [0, 0.1) is 6.92 Å². The number of nitrogens with zero attached hydrogens (tertiary/aromatic N) is 1. The molecule has 3 nitrogen and oxygen atoms in total. The number of aromatic carboxylic acids is 1. The van der Waals surface area contributed by atoms with Gasteiger partial charge >= 0.3 is 5.97 Å². The van der Waals surface area contributed by atoms with Crippen molar-refractivity contribution in [2.24, 2.45) is 0 Å². The molecule has 2 aromatic rings. The second kappa shape index (κ2) is 4.62. The van der Waals surface area contributed by atoms with E-state index >= 15 is 0 Å². The summed E-state index contributed by atoms with van der Waals surface area (Å²) in [5.41, 5.74) is 2.34. The van der Waals surface area contributed by atoms with Crippen molar-refractivity contribution in [1.29, 1.82) is 0 Å². The molecule has 0 saturated heterocycles. The number of aromatic nitrogens is 1. The van der Waals surface area contributed by atoms with Gasteiger partial charge in [0.25, 0.3) is 0 Å². The molecule has 17 heavy (non-hydrogen) atoms. The molecule has 1 heterocycles. The van der Waals surface area contributed by atoms with Crippen LogP contribution in [-0.4, -0.2) is 15.6 Å². The molecule has 0 aliphatic heterocycles. The summed E-state index contributed by atoms with van der Waals surface area (Å²) < 4.78 is 2.19. The number of unbranched alkanes of at least 4 members (excludes halogenated alkanes) is 1. The number of carbonyl (C=O) groups is 1. The maximum absolute atomic E-state index is 11.0. The molecule has 0 fully saturated rings. The minimum absolute atomic E-state index is 0.394. The molecule has 1 aromatic heterocycles. The molecule has 1 aromatic carbocycles. The van der Waals surface area contributed by atoms with Crippen LogP contribution in [-0.2, 0) is 6.54 Å². The van der Waals surface area contributed by atoms with E-state index in [4.69, 9.17) is 5.11 Å². The number of carboxylic acids is 1. The molecule has 90 valence electrons. The van der Waals surface area contributed by atoms with E-state index in [1.807, 2.05) is 25.3 Å². The van der Waals surface area contributed by atoms with Crippen molar-refractivity contribution in [1.82, 2.24) is 4.57 Å². The molecule has 3 heteroatoms. The van der Waals surface area contributed by atoms with Gasteiger partial charge in [0, 0.05) is 23.6 Å². The Kier molecular flexibility index (Phi) is 3.18. The number of carboxylic acid groups (broad SMARTS) is 1. The molecule has 0 radical (unpaired) electrons. The van der Waals surface area contributed by atoms with Gasteiger partial charge in [-0.1, -0.05) is 13.3 Å². The van der Waals surface area contributed by atoms with Crippen molar-refractivity contribution < 1.29 is 9.90 Å². The van der Waals surface area contributed by atoms with Crippen LogP contribution >= 0.6 is 0 Å². The van der Waals surface area contributed by atoms with Gasteiger partial charge in [0.2, 0.25) is 0 Å². The van der Waals surface area contributed by atoms with E-state index in [2.05, 4.69) is 11.5 Å². The number of rotatable bonds is 4. The molecular formula is C14H17NO2. The standard InChI is InChI=1S/C14H17NO2/c1-3-4-6-15-7-5-11-9-12(14(16)17)10(2)8-13(11)15/h5,7-9H,3-4,6H2,1-2H3,(H,16,17). The van der Waals surface area contributed by atoms with Crippen LogP contribution in [0.2, 0.25) is 0 Å². The normalized spacial score (nSPS) is 10.9. The topological polar surface area (TPSA) is 42.2 Å². The molecule has 0 aliphatic rings. The second-order valence-corrected chi connectivity index (χ2v) is 4.39. The zero-order chi connectivity index (χ0) is 12.4. The Bertz CT molecular complexity index is 555. The lowest BCUT2D eigenvalue weighted by Crippen LogP contribution is -2.01. The van der Waals surface area contributed by atoms with Gasteiger partial charge in [-0.15, -0.1) is 0 Å². The van der Waals surface area contributed by atoms with Crippen molar-refractivity contribution in [3.8, 4) is 0 Å². The Morgan fingerprint density at radius 1 is 1.41 bits per heavy atom. The van der Waals surface area contributed by atoms with Gasteiger partial charge in [0.05, 0.1) is 5.56 Å². The van der Waals surface area contributed by atoms with E-state index in [1.54, 1.807) is 6.07 Å². The average molecular weight is 231 g/mol. The Morgan fingerprint density at radius 3 is 2.82 bits per heavy atom. The van der Waals surface area contributed by atoms with Crippen LogP contribution < -0.4 is 0 Å². The van der Waals surface area contributed by atoms with Crippen molar-refractivity contribution >= 4 is 16.9 Å². The zero-order valence-corrected chi connectivity index (χ0v) is 10.2. The van der Waals surface area contributed by atoms with Gasteiger partial charge in [-0.2, -0.15) is 0 Å². The van der Waals surface area contributed by atoms with E-state index in [-0.39, 0.29) is 0 Å². The Labute approximate surface area is 101 Å². The maximum atomic E-state index is 11.0. The van der Waals surface area contributed by atoms with Crippen molar-refractivity contribution in [3.05, 3.63) is 35.5 Å². The summed E-state index contributed by atoms with van der Waals surface area (Å²) in [6.45, 7) is 5.01. The summed E-state index contributed by atoms with van der Waals surface area (Å²) in [6.07, 6.45) is 4.33. The van der Waals surface area contributed by atoms with E-state index < -0.39 is 5.97 Å². The van der Waals surface area contributed by atoms with Crippen molar-refractivity contribution in [2.45, 2.75) is 33.2 Å². The molecule has 0 saturated carbocycles. The second-order valence-electron chi connectivity index (χ2n) is 4.39. The molecule has 1 N–H and O–H groups in total. The summed E-state index contributed by atoms with van der Waals surface area (Å²) in [5, 5.41) is 10.1. The number of aryl methyl sites for hydroxylation is 2. The first-order chi connectivity index (χ1) is 8.13. The highest BCUT2D eigenvalue weighted by Gasteiger charge is 2.10. The Hall–Kier alpha value is -1.77. The fourth-order valence-corrected chi connectivity index (χ4v) is 2.10. The summed E-state index contributed by atoms with van der Waals surface area (Å²) in [4.78, 5) is 11.0. The summed E-state index contributed by atoms with van der Waals surface area (Å²) in [6, 6.07) is 5.71. The minimum Gasteiger partial charge on any atom is -0.478 e. The van der Waals surface area contributed by atoms with Crippen LogP contribution in [0.15, 0.2) is 24.4 Å². The summed E-state index contributed by atoms with van der Waals surface area (Å²) >= 11 is 0. The van der Waals surface area contributed by atoms with Gasteiger partial charge in [0.1, 0.15) is 0 Å². The summed E-state index contributed by atoms with van der Waals surface area (Å²) in [7, 11) is 0. The van der Waals surface area contributed by atoms with E-state index in [0.717, 1.165) is 35.9 Å². The first kappa shape index (κ1) is 11.7. The van der Waals surface area contributed by atoms with Crippen LogP contribution in [0.3, 0.4) is 0 Å². The number of hydrogen-bond donors (Lipinski definition) is 1. The van der Waals surface area contributed by atoms with E-state index in [9.17, 15) is 4.79 Å². The fourth-order valence-electron chi connectivity index (χ4n) is 2.10. The molecule has 0 atom stereocenters.